The van der Waals surface area contributed by atoms with E-state index in [-0.39, 0.29) is 21.7 Å². The highest BCUT2D eigenvalue weighted by molar-refractivity contribution is 8.14. The van der Waals surface area contributed by atoms with Crippen LogP contribution in [0.15, 0.2) is 24.3 Å². The lowest BCUT2D eigenvalue weighted by atomic mass is 9.86. The molecular formula is C18H25NO2S. The van der Waals surface area contributed by atoms with Crippen molar-refractivity contribution in [2.45, 2.75) is 51.2 Å². The van der Waals surface area contributed by atoms with E-state index in [2.05, 4.69) is 45.0 Å². The SMILES string of the molecule is CC(=O)SC1CC(=O)N(CCc2ccc(C(C)(C)C)cc2)C1. The van der Waals surface area contributed by atoms with Crippen LogP contribution in [0.2, 0.25) is 0 Å². The lowest BCUT2D eigenvalue weighted by Gasteiger charge is -2.20. The quantitative estimate of drug-likeness (QED) is 0.853. The maximum absolute atomic E-state index is 12.0. The summed E-state index contributed by atoms with van der Waals surface area (Å²) in [5.41, 5.74) is 2.75. The van der Waals surface area contributed by atoms with Crippen LogP contribution in [-0.4, -0.2) is 34.3 Å². The second-order valence-electron chi connectivity index (χ2n) is 6.97. The monoisotopic (exact) mass is 319 g/mol. The molecule has 0 N–H and O–H groups in total. The molecule has 1 atom stereocenters. The Morgan fingerprint density at radius 3 is 2.45 bits per heavy atom. The number of hydrogen-bond donors (Lipinski definition) is 0. The molecule has 22 heavy (non-hydrogen) atoms. The molecule has 2 rings (SSSR count). The molecule has 1 amide bonds. The highest BCUT2D eigenvalue weighted by Crippen LogP contribution is 2.25. The second kappa shape index (κ2) is 6.86. The first-order valence-electron chi connectivity index (χ1n) is 7.80. The Kier molecular flexibility index (Phi) is 5.32. The Morgan fingerprint density at radius 1 is 1.27 bits per heavy atom. The lowest BCUT2D eigenvalue weighted by Crippen LogP contribution is -2.28. The van der Waals surface area contributed by atoms with E-state index in [1.54, 1.807) is 6.92 Å². The van der Waals surface area contributed by atoms with Gasteiger partial charge >= 0.3 is 0 Å². The van der Waals surface area contributed by atoms with E-state index in [0.29, 0.717) is 13.0 Å². The van der Waals surface area contributed by atoms with E-state index in [4.69, 9.17) is 0 Å². The minimum atomic E-state index is 0.0948. The molecule has 0 bridgehead atoms. The molecular weight excluding hydrogens is 294 g/mol. The van der Waals surface area contributed by atoms with Gasteiger partial charge in [-0.3, -0.25) is 9.59 Å². The molecule has 1 aromatic carbocycles. The predicted molar refractivity (Wildman–Crippen MR) is 92.1 cm³/mol. The summed E-state index contributed by atoms with van der Waals surface area (Å²) in [6.07, 6.45) is 1.36. The van der Waals surface area contributed by atoms with Gasteiger partial charge < -0.3 is 4.90 Å². The van der Waals surface area contributed by atoms with Crippen molar-refractivity contribution in [2.75, 3.05) is 13.1 Å². The summed E-state index contributed by atoms with van der Waals surface area (Å²) < 4.78 is 0. The Hall–Kier alpha value is -1.29. The number of nitrogens with zero attached hydrogens (tertiary/aromatic N) is 1. The lowest BCUT2D eigenvalue weighted by molar-refractivity contribution is -0.127. The first kappa shape index (κ1) is 17.1. The largest absolute Gasteiger partial charge is 0.341 e. The Balaban J connectivity index is 1.88. The number of likely N-dealkylation sites (tertiary alicyclic amines) is 1. The first-order chi connectivity index (χ1) is 10.3. The van der Waals surface area contributed by atoms with Crippen LogP contribution in [0.25, 0.3) is 0 Å². The molecule has 1 aromatic rings. The van der Waals surface area contributed by atoms with Gasteiger partial charge in [-0.2, -0.15) is 0 Å². The molecule has 1 aliphatic rings. The van der Waals surface area contributed by atoms with Crippen LogP contribution >= 0.6 is 11.8 Å². The predicted octanol–water partition coefficient (Wildman–Crippen LogP) is 3.41. The van der Waals surface area contributed by atoms with E-state index in [1.165, 1.54) is 22.9 Å². The van der Waals surface area contributed by atoms with Crippen molar-refractivity contribution in [2.24, 2.45) is 0 Å². The third-order valence-corrected chi connectivity index (χ3v) is 4.98. The van der Waals surface area contributed by atoms with Gasteiger partial charge in [0.15, 0.2) is 5.12 Å². The number of carbonyl (C=O) groups excluding carboxylic acids is 2. The van der Waals surface area contributed by atoms with Crippen LogP contribution in [0.3, 0.4) is 0 Å². The zero-order chi connectivity index (χ0) is 16.3. The summed E-state index contributed by atoms with van der Waals surface area (Å²) in [7, 11) is 0. The third-order valence-electron chi connectivity index (χ3n) is 4.00. The second-order valence-corrected chi connectivity index (χ2v) is 8.45. The van der Waals surface area contributed by atoms with Crippen molar-refractivity contribution < 1.29 is 9.59 Å². The van der Waals surface area contributed by atoms with Gasteiger partial charge in [0.2, 0.25) is 5.91 Å². The molecule has 0 aliphatic carbocycles. The van der Waals surface area contributed by atoms with Crippen LogP contribution < -0.4 is 0 Å². The van der Waals surface area contributed by atoms with Gasteiger partial charge in [0.1, 0.15) is 0 Å². The highest BCUT2D eigenvalue weighted by atomic mass is 32.2. The molecule has 1 unspecified atom stereocenters. The standard InChI is InChI=1S/C18H25NO2S/c1-13(20)22-16-11-17(21)19(12-16)10-9-14-5-7-15(8-6-14)18(2,3)4/h5-8,16H,9-12H2,1-4H3. The molecule has 0 spiro atoms. The summed E-state index contributed by atoms with van der Waals surface area (Å²) in [4.78, 5) is 25.0. The summed E-state index contributed by atoms with van der Waals surface area (Å²) in [6.45, 7) is 9.62. The molecule has 1 heterocycles. The van der Waals surface area contributed by atoms with Gasteiger partial charge in [0.25, 0.3) is 0 Å². The number of rotatable bonds is 4. The molecule has 1 aliphatic heterocycles. The topological polar surface area (TPSA) is 37.4 Å². The maximum Gasteiger partial charge on any atom is 0.223 e. The van der Waals surface area contributed by atoms with Gasteiger partial charge in [0.05, 0.1) is 0 Å². The summed E-state index contributed by atoms with van der Waals surface area (Å²) in [5, 5.41) is 0.227. The first-order valence-corrected chi connectivity index (χ1v) is 8.68. The summed E-state index contributed by atoms with van der Waals surface area (Å²) >= 11 is 1.29. The highest BCUT2D eigenvalue weighted by Gasteiger charge is 2.30. The molecule has 0 saturated carbocycles. The van der Waals surface area contributed by atoms with Crippen molar-refractivity contribution >= 4 is 22.8 Å². The minimum absolute atomic E-state index is 0.0948. The van der Waals surface area contributed by atoms with E-state index in [9.17, 15) is 9.59 Å². The number of carbonyl (C=O) groups is 2. The average Bonchev–Trinajstić information content (AvgIpc) is 2.75. The smallest absolute Gasteiger partial charge is 0.223 e. The molecule has 120 valence electrons. The van der Waals surface area contributed by atoms with E-state index in [1.807, 2.05) is 4.90 Å². The summed E-state index contributed by atoms with van der Waals surface area (Å²) in [6, 6.07) is 8.66. The van der Waals surface area contributed by atoms with Crippen LogP contribution in [0.5, 0.6) is 0 Å². The van der Waals surface area contributed by atoms with Crippen LogP contribution in [0, 0.1) is 0 Å². The van der Waals surface area contributed by atoms with Crippen molar-refractivity contribution in [3.63, 3.8) is 0 Å². The Bertz CT molecular complexity index is 545. The minimum Gasteiger partial charge on any atom is -0.341 e. The molecule has 0 aromatic heterocycles. The van der Waals surface area contributed by atoms with E-state index >= 15 is 0 Å². The molecule has 1 fully saturated rings. The van der Waals surface area contributed by atoms with Crippen molar-refractivity contribution in [3.8, 4) is 0 Å². The molecule has 4 heteroatoms. The van der Waals surface area contributed by atoms with Crippen LogP contribution in [0.4, 0.5) is 0 Å². The van der Waals surface area contributed by atoms with Gasteiger partial charge in [-0.05, 0) is 23.0 Å². The Labute approximate surface area is 137 Å². The molecule has 1 saturated heterocycles. The number of benzene rings is 1. The number of hydrogen-bond acceptors (Lipinski definition) is 3. The normalized spacial score (nSPS) is 18.8. The van der Waals surface area contributed by atoms with Gasteiger partial charge in [-0.15, -0.1) is 0 Å². The van der Waals surface area contributed by atoms with Gasteiger partial charge in [0, 0.05) is 31.7 Å². The van der Waals surface area contributed by atoms with E-state index in [0.717, 1.165) is 13.0 Å². The fourth-order valence-electron chi connectivity index (χ4n) is 2.70. The number of amides is 1. The fourth-order valence-corrected chi connectivity index (χ4v) is 3.65. The Morgan fingerprint density at radius 2 is 1.91 bits per heavy atom. The van der Waals surface area contributed by atoms with E-state index < -0.39 is 0 Å². The zero-order valence-corrected chi connectivity index (χ0v) is 14.7. The maximum atomic E-state index is 12.0. The van der Waals surface area contributed by atoms with Gasteiger partial charge in [-0.25, -0.2) is 0 Å². The fraction of sp³-hybridized carbons (Fsp3) is 0.556. The van der Waals surface area contributed by atoms with Crippen molar-refractivity contribution in [1.82, 2.24) is 4.90 Å². The third kappa shape index (κ3) is 4.60. The number of thioether (sulfide) groups is 1. The average molecular weight is 319 g/mol. The van der Waals surface area contributed by atoms with Crippen molar-refractivity contribution in [3.05, 3.63) is 35.4 Å². The zero-order valence-electron chi connectivity index (χ0n) is 13.9. The molecule has 3 nitrogen and oxygen atoms in total. The van der Waals surface area contributed by atoms with Gasteiger partial charge in [-0.1, -0.05) is 56.8 Å². The summed E-state index contributed by atoms with van der Waals surface area (Å²) in [5.74, 6) is 0.171. The van der Waals surface area contributed by atoms with Crippen LogP contribution in [-0.2, 0) is 21.4 Å². The van der Waals surface area contributed by atoms with Crippen molar-refractivity contribution in [1.29, 1.82) is 0 Å². The van der Waals surface area contributed by atoms with Crippen LogP contribution in [0.1, 0.15) is 45.2 Å². The molecule has 0 radical (unpaired) electrons.